The van der Waals surface area contributed by atoms with Crippen molar-refractivity contribution in [3.05, 3.63) is 69.4 Å². The van der Waals surface area contributed by atoms with Gasteiger partial charge in [-0.1, -0.05) is 11.3 Å². The SMILES string of the molecule is Cn1cc(-c2cc3sc(OCC(F)F)nc3n(-c3ccc(OC(F)F)cc3)c2=O)ccc1=O. The van der Waals surface area contributed by atoms with E-state index < -0.39 is 25.2 Å². The van der Waals surface area contributed by atoms with Gasteiger partial charge in [-0.3, -0.25) is 14.2 Å². The van der Waals surface area contributed by atoms with Gasteiger partial charge in [0.25, 0.3) is 17.2 Å². The first-order valence-corrected chi connectivity index (χ1v) is 10.2. The molecular weight excluding hydrogens is 466 g/mol. The fraction of sp³-hybridized carbons (Fsp3) is 0.190. The highest BCUT2D eigenvalue weighted by atomic mass is 32.1. The molecule has 0 aliphatic rings. The third-order valence-corrected chi connectivity index (χ3v) is 5.49. The van der Waals surface area contributed by atoms with E-state index in [4.69, 9.17) is 4.74 Å². The van der Waals surface area contributed by atoms with Crippen LogP contribution in [0.5, 0.6) is 10.9 Å². The van der Waals surface area contributed by atoms with Crippen LogP contribution in [-0.4, -0.2) is 33.8 Å². The second kappa shape index (κ2) is 9.06. The highest BCUT2D eigenvalue weighted by molar-refractivity contribution is 7.20. The van der Waals surface area contributed by atoms with E-state index in [9.17, 15) is 27.2 Å². The number of rotatable bonds is 7. The molecule has 0 radical (unpaired) electrons. The standard InChI is InChI=1S/C21H15F4N3O4S/c1-27-9-11(2-7-17(27)29)14-8-15-18(26-21(33-15)31-10-16(22)23)28(19(14)30)12-3-5-13(6-4-12)32-20(24)25/h2-9,16,20H,10H2,1H3. The van der Waals surface area contributed by atoms with Crippen LogP contribution >= 0.6 is 11.3 Å². The zero-order valence-corrected chi connectivity index (χ0v) is 17.7. The van der Waals surface area contributed by atoms with Gasteiger partial charge >= 0.3 is 6.61 Å². The Morgan fingerprint density at radius 1 is 1.06 bits per heavy atom. The molecule has 0 bridgehead atoms. The van der Waals surface area contributed by atoms with E-state index in [0.717, 1.165) is 11.3 Å². The number of nitrogens with zero attached hydrogens (tertiary/aromatic N) is 3. The molecule has 4 rings (SSSR count). The predicted octanol–water partition coefficient (Wildman–Crippen LogP) is 4.06. The molecule has 4 aromatic rings. The lowest BCUT2D eigenvalue weighted by Crippen LogP contribution is -2.22. The zero-order valence-electron chi connectivity index (χ0n) is 16.9. The van der Waals surface area contributed by atoms with Gasteiger partial charge in [0.05, 0.1) is 16.0 Å². The van der Waals surface area contributed by atoms with E-state index in [0.29, 0.717) is 10.3 Å². The van der Waals surface area contributed by atoms with Gasteiger partial charge in [0.2, 0.25) is 5.56 Å². The van der Waals surface area contributed by atoms with E-state index >= 15 is 0 Å². The molecule has 0 aliphatic carbocycles. The van der Waals surface area contributed by atoms with Gasteiger partial charge in [0.1, 0.15) is 5.75 Å². The van der Waals surface area contributed by atoms with Crippen molar-refractivity contribution in [3.63, 3.8) is 0 Å². The lowest BCUT2D eigenvalue weighted by atomic mass is 10.1. The molecule has 12 heteroatoms. The monoisotopic (exact) mass is 481 g/mol. The first kappa shape index (κ1) is 22.5. The predicted molar refractivity (Wildman–Crippen MR) is 114 cm³/mol. The van der Waals surface area contributed by atoms with E-state index in [1.165, 1.54) is 64.8 Å². The molecule has 3 heterocycles. The zero-order chi connectivity index (χ0) is 23.7. The number of aryl methyl sites for hydroxylation is 1. The van der Waals surface area contributed by atoms with Crippen LogP contribution in [0.4, 0.5) is 17.6 Å². The summed E-state index contributed by atoms with van der Waals surface area (Å²) in [4.78, 5) is 29.4. The van der Waals surface area contributed by atoms with Gasteiger partial charge in [0.15, 0.2) is 12.3 Å². The normalized spacial score (nSPS) is 11.5. The van der Waals surface area contributed by atoms with Gasteiger partial charge in [0, 0.05) is 24.9 Å². The van der Waals surface area contributed by atoms with Crippen molar-refractivity contribution in [1.82, 2.24) is 14.1 Å². The van der Waals surface area contributed by atoms with Crippen molar-refractivity contribution < 1.29 is 27.0 Å². The van der Waals surface area contributed by atoms with E-state index in [-0.39, 0.29) is 33.4 Å². The fourth-order valence-electron chi connectivity index (χ4n) is 3.14. The second-order valence-electron chi connectivity index (χ2n) is 6.81. The number of ether oxygens (including phenoxy) is 2. The molecule has 0 N–H and O–H groups in total. The van der Waals surface area contributed by atoms with Gasteiger partial charge in [-0.2, -0.15) is 13.8 Å². The topological polar surface area (TPSA) is 75.3 Å². The summed E-state index contributed by atoms with van der Waals surface area (Å²) in [7, 11) is 1.54. The maximum Gasteiger partial charge on any atom is 0.387 e. The molecule has 0 fully saturated rings. The molecule has 7 nitrogen and oxygen atoms in total. The van der Waals surface area contributed by atoms with Crippen LogP contribution in [0, 0.1) is 0 Å². The number of pyridine rings is 2. The Hall–Kier alpha value is -3.67. The van der Waals surface area contributed by atoms with Gasteiger partial charge in [-0.15, -0.1) is 0 Å². The van der Waals surface area contributed by atoms with Gasteiger partial charge in [-0.05, 0) is 36.4 Å². The quantitative estimate of drug-likeness (QED) is 0.372. The Morgan fingerprint density at radius 2 is 1.79 bits per heavy atom. The van der Waals surface area contributed by atoms with E-state index in [2.05, 4.69) is 9.72 Å². The Bertz CT molecular complexity index is 1410. The number of thiazole rings is 1. The van der Waals surface area contributed by atoms with Crippen LogP contribution < -0.4 is 20.6 Å². The van der Waals surface area contributed by atoms with Crippen LogP contribution in [0.15, 0.2) is 58.3 Å². The van der Waals surface area contributed by atoms with Crippen LogP contribution in [-0.2, 0) is 7.05 Å². The van der Waals surface area contributed by atoms with Crippen molar-refractivity contribution >= 4 is 21.7 Å². The highest BCUT2D eigenvalue weighted by Gasteiger charge is 2.18. The summed E-state index contributed by atoms with van der Waals surface area (Å²) < 4.78 is 62.4. The molecule has 3 aromatic heterocycles. The minimum atomic E-state index is -3.01. The molecule has 0 atom stereocenters. The van der Waals surface area contributed by atoms with Crippen LogP contribution in [0.2, 0.25) is 0 Å². The third kappa shape index (κ3) is 4.75. The number of fused-ring (bicyclic) bond motifs is 1. The smallest absolute Gasteiger partial charge is 0.387 e. The molecule has 0 saturated heterocycles. The molecule has 0 saturated carbocycles. The number of hydrogen-bond acceptors (Lipinski definition) is 6. The first-order chi connectivity index (χ1) is 15.7. The lowest BCUT2D eigenvalue weighted by Gasteiger charge is -2.11. The summed E-state index contributed by atoms with van der Waals surface area (Å²) in [6, 6.07) is 9.64. The number of aromatic nitrogens is 3. The van der Waals surface area contributed by atoms with Gasteiger partial charge in [-0.25, -0.2) is 8.78 Å². The van der Waals surface area contributed by atoms with Crippen molar-refractivity contribution in [2.75, 3.05) is 6.61 Å². The Balaban J connectivity index is 1.91. The third-order valence-electron chi connectivity index (χ3n) is 4.59. The maximum atomic E-state index is 13.4. The van der Waals surface area contributed by atoms with Crippen molar-refractivity contribution in [2.45, 2.75) is 13.0 Å². The van der Waals surface area contributed by atoms with Crippen molar-refractivity contribution in [3.8, 4) is 27.8 Å². The van der Waals surface area contributed by atoms with Crippen LogP contribution in [0.3, 0.4) is 0 Å². The largest absolute Gasteiger partial charge is 0.464 e. The van der Waals surface area contributed by atoms with Crippen LogP contribution in [0.25, 0.3) is 27.2 Å². The highest BCUT2D eigenvalue weighted by Crippen LogP contribution is 2.31. The summed E-state index contributed by atoms with van der Waals surface area (Å²) >= 11 is 0.966. The second-order valence-corrected chi connectivity index (χ2v) is 7.80. The molecule has 0 unspecified atom stereocenters. The summed E-state index contributed by atoms with van der Waals surface area (Å²) in [5, 5.41) is -0.0614. The molecule has 0 aliphatic heterocycles. The average Bonchev–Trinajstić information content (AvgIpc) is 3.17. The van der Waals surface area contributed by atoms with E-state index in [1.807, 2.05) is 0 Å². The molecule has 172 valence electrons. The summed E-state index contributed by atoms with van der Waals surface area (Å²) in [6.07, 6.45) is -1.22. The van der Waals surface area contributed by atoms with E-state index in [1.54, 1.807) is 0 Å². The summed E-state index contributed by atoms with van der Waals surface area (Å²) in [5.41, 5.74) is 0.299. The Labute approximate surface area is 187 Å². The molecule has 33 heavy (non-hydrogen) atoms. The summed E-state index contributed by atoms with van der Waals surface area (Å²) in [5.74, 6) is -0.105. The molecule has 0 spiro atoms. The van der Waals surface area contributed by atoms with Crippen molar-refractivity contribution in [2.24, 2.45) is 7.05 Å². The minimum Gasteiger partial charge on any atom is -0.464 e. The Kier molecular flexibility index (Phi) is 6.18. The maximum absolute atomic E-state index is 13.4. The number of halogens is 4. The lowest BCUT2D eigenvalue weighted by molar-refractivity contribution is -0.0498. The minimum absolute atomic E-state index is 0.0614. The summed E-state index contributed by atoms with van der Waals surface area (Å²) in [6.45, 7) is -3.87. The number of benzene rings is 1. The van der Waals surface area contributed by atoms with Crippen molar-refractivity contribution in [1.29, 1.82) is 0 Å². The van der Waals surface area contributed by atoms with Gasteiger partial charge < -0.3 is 14.0 Å². The van der Waals surface area contributed by atoms with Crippen LogP contribution in [0.1, 0.15) is 0 Å². The Morgan fingerprint density at radius 3 is 2.42 bits per heavy atom. The number of hydrogen-bond donors (Lipinski definition) is 0. The molecular formula is C21H15F4N3O4S. The fourth-order valence-corrected chi connectivity index (χ4v) is 3.99. The number of alkyl halides is 4. The molecule has 1 aromatic carbocycles. The molecule has 0 amide bonds. The first-order valence-electron chi connectivity index (χ1n) is 9.43. The average molecular weight is 481 g/mol.